The molecule has 2 atom stereocenters. The van der Waals surface area contributed by atoms with Crippen molar-refractivity contribution in [1.29, 1.82) is 0 Å². The zero-order valence-corrected chi connectivity index (χ0v) is 12.8. The first-order valence-corrected chi connectivity index (χ1v) is 8.31. The summed E-state index contributed by atoms with van der Waals surface area (Å²) >= 11 is 0. The third-order valence-electron chi connectivity index (χ3n) is 3.48. The normalized spacial score (nSPS) is 13.9. The van der Waals surface area contributed by atoms with Crippen molar-refractivity contribution >= 4 is 10.8 Å². The van der Waals surface area contributed by atoms with Crippen LogP contribution in [0.15, 0.2) is 54.6 Å². The number of benzene rings is 2. The molecule has 0 aliphatic carbocycles. The van der Waals surface area contributed by atoms with Crippen molar-refractivity contribution < 1.29 is 4.21 Å². The van der Waals surface area contributed by atoms with Crippen molar-refractivity contribution in [3.63, 3.8) is 0 Å². The molecule has 20 heavy (non-hydrogen) atoms. The Hall–Kier alpha value is -1.45. The molecule has 106 valence electrons. The van der Waals surface area contributed by atoms with E-state index in [1.165, 1.54) is 16.7 Å². The Balaban J connectivity index is 2.02. The van der Waals surface area contributed by atoms with Gasteiger partial charge in [-0.3, -0.25) is 4.21 Å². The van der Waals surface area contributed by atoms with Crippen molar-refractivity contribution in [2.24, 2.45) is 0 Å². The number of aryl methyl sites for hydroxylation is 1. The van der Waals surface area contributed by atoms with E-state index in [1.54, 1.807) is 0 Å². The summed E-state index contributed by atoms with van der Waals surface area (Å²) in [6.07, 6.45) is 0. The van der Waals surface area contributed by atoms with E-state index >= 15 is 0 Å². The average molecular weight is 287 g/mol. The average Bonchev–Trinajstić information content (AvgIpc) is 2.48. The fourth-order valence-electron chi connectivity index (χ4n) is 2.22. The van der Waals surface area contributed by atoms with Crippen molar-refractivity contribution in [3.05, 3.63) is 71.3 Å². The van der Waals surface area contributed by atoms with Gasteiger partial charge < -0.3 is 5.32 Å². The number of hydrogen-bond donors (Lipinski definition) is 1. The molecular formula is C17H21NOS. The maximum absolute atomic E-state index is 12.4. The Morgan fingerprint density at radius 1 is 1.05 bits per heavy atom. The minimum atomic E-state index is -0.874. The molecule has 0 amide bonds. The smallest absolute Gasteiger partial charge is 0.0489 e. The van der Waals surface area contributed by atoms with Gasteiger partial charge in [-0.05, 0) is 30.7 Å². The molecule has 0 aliphatic rings. The summed E-state index contributed by atoms with van der Waals surface area (Å²) in [5, 5.41) is 3.26. The summed E-state index contributed by atoms with van der Waals surface area (Å²) in [4.78, 5) is 0. The van der Waals surface area contributed by atoms with E-state index in [4.69, 9.17) is 0 Å². The van der Waals surface area contributed by atoms with Crippen LogP contribution in [0.4, 0.5) is 0 Å². The first kappa shape index (κ1) is 14.9. The van der Waals surface area contributed by atoms with E-state index < -0.39 is 10.8 Å². The summed E-state index contributed by atoms with van der Waals surface area (Å²) in [6, 6.07) is 18.5. The molecule has 0 aromatic heterocycles. The van der Waals surface area contributed by atoms with Gasteiger partial charge in [-0.25, -0.2) is 0 Å². The second-order valence-corrected chi connectivity index (χ2v) is 6.43. The highest BCUT2D eigenvalue weighted by Gasteiger charge is 2.13. The van der Waals surface area contributed by atoms with Crippen molar-refractivity contribution in [3.8, 4) is 0 Å². The molecule has 3 heteroatoms. The fraction of sp³-hybridized carbons (Fsp3) is 0.294. The molecule has 0 heterocycles. The van der Waals surface area contributed by atoms with E-state index in [1.807, 2.05) is 37.4 Å². The van der Waals surface area contributed by atoms with Crippen LogP contribution in [0.25, 0.3) is 0 Å². The maximum Gasteiger partial charge on any atom is 0.0489 e. The maximum atomic E-state index is 12.4. The summed E-state index contributed by atoms with van der Waals surface area (Å²) < 4.78 is 12.4. The minimum Gasteiger partial charge on any atom is -0.312 e. The quantitative estimate of drug-likeness (QED) is 0.884. The Morgan fingerprint density at radius 2 is 1.70 bits per heavy atom. The number of hydrogen-bond acceptors (Lipinski definition) is 2. The molecule has 2 aromatic carbocycles. The first-order valence-electron chi connectivity index (χ1n) is 6.82. The Kier molecular flexibility index (Phi) is 5.50. The van der Waals surface area contributed by atoms with Crippen LogP contribution in [0.5, 0.6) is 0 Å². The predicted octanol–water partition coefficient (Wildman–Crippen LogP) is 3.20. The van der Waals surface area contributed by atoms with Crippen LogP contribution in [0.3, 0.4) is 0 Å². The van der Waals surface area contributed by atoms with Gasteiger partial charge in [0.25, 0.3) is 0 Å². The van der Waals surface area contributed by atoms with Gasteiger partial charge in [0.1, 0.15) is 0 Å². The van der Waals surface area contributed by atoms with Crippen LogP contribution < -0.4 is 5.32 Å². The zero-order valence-electron chi connectivity index (χ0n) is 12.0. The van der Waals surface area contributed by atoms with Gasteiger partial charge in [-0.15, -0.1) is 0 Å². The molecule has 0 fully saturated rings. The Labute approximate surface area is 123 Å². The second-order valence-electron chi connectivity index (χ2n) is 4.93. The molecule has 2 rings (SSSR count). The molecule has 0 saturated heterocycles. The molecule has 0 bridgehead atoms. The summed E-state index contributed by atoms with van der Waals surface area (Å²) in [7, 11) is 1.05. The van der Waals surface area contributed by atoms with Gasteiger partial charge in [-0.2, -0.15) is 0 Å². The van der Waals surface area contributed by atoms with E-state index in [0.717, 1.165) is 0 Å². The molecule has 2 nitrogen and oxygen atoms in total. The second kappa shape index (κ2) is 7.36. The lowest BCUT2D eigenvalue weighted by atomic mass is 10.1. The third kappa shape index (κ3) is 4.02. The van der Waals surface area contributed by atoms with Gasteiger partial charge in [0.05, 0.1) is 0 Å². The van der Waals surface area contributed by atoms with E-state index in [9.17, 15) is 4.21 Å². The highest BCUT2D eigenvalue weighted by atomic mass is 32.2. The van der Waals surface area contributed by atoms with E-state index in [2.05, 4.69) is 36.5 Å². The van der Waals surface area contributed by atoms with Crippen LogP contribution in [0, 0.1) is 6.92 Å². The van der Waals surface area contributed by atoms with Crippen LogP contribution in [0.2, 0.25) is 0 Å². The van der Waals surface area contributed by atoms with Crippen molar-refractivity contribution in [1.82, 2.24) is 5.32 Å². The predicted molar refractivity (Wildman–Crippen MR) is 86.1 cm³/mol. The molecule has 0 aliphatic heterocycles. The lowest BCUT2D eigenvalue weighted by Gasteiger charge is -2.16. The number of nitrogens with one attached hydrogen (secondary N) is 1. The minimum absolute atomic E-state index is 0.140. The van der Waals surface area contributed by atoms with Crippen LogP contribution in [-0.2, 0) is 16.6 Å². The zero-order chi connectivity index (χ0) is 14.4. The Morgan fingerprint density at radius 3 is 2.35 bits per heavy atom. The van der Waals surface area contributed by atoms with Crippen molar-refractivity contribution in [2.45, 2.75) is 18.7 Å². The monoisotopic (exact) mass is 287 g/mol. The van der Waals surface area contributed by atoms with Gasteiger partial charge in [0, 0.05) is 28.3 Å². The highest BCUT2D eigenvalue weighted by Crippen LogP contribution is 2.16. The summed E-state index contributed by atoms with van der Waals surface area (Å²) in [5.74, 6) is 1.26. The van der Waals surface area contributed by atoms with Gasteiger partial charge in [-0.1, -0.05) is 54.6 Å². The molecule has 2 aromatic rings. The molecular weight excluding hydrogens is 266 g/mol. The molecule has 0 spiro atoms. The molecule has 2 unspecified atom stereocenters. The lowest BCUT2D eigenvalue weighted by molar-refractivity contribution is 0.635. The topological polar surface area (TPSA) is 29.1 Å². The summed E-state index contributed by atoms with van der Waals surface area (Å²) in [6.45, 7) is 2.07. The van der Waals surface area contributed by atoms with Crippen LogP contribution in [-0.4, -0.2) is 17.0 Å². The highest BCUT2D eigenvalue weighted by molar-refractivity contribution is 7.84. The SMILES string of the molecule is CNC(CS(=O)Cc1ccccc1C)c1ccccc1. The molecule has 0 radical (unpaired) electrons. The molecule has 1 N–H and O–H groups in total. The van der Waals surface area contributed by atoms with Gasteiger partial charge in [0.2, 0.25) is 0 Å². The molecule has 0 saturated carbocycles. The largest absolute Gasteiger partial charge is 0.312 e. The van der Waals surface area contributed by atoms with Crippen molar-refractivity contribution in [2.75, 3.05) is 12.8 Å². The van der Waals surface area contributed by atoms with Crippen LogP contribution in [0.1, 0.15) is 22.7 Å². The van der Waals surface area contributed by atoms with Gasteiger partial charge in [0.15, 0.2) is 0 Å². The third-order valence-corrected chi connectivity index (χ3v) is 4.82. The van der Waals surface area contributed by atoms with Gasteiger partial charge >= 0.3 is 0 Å². The van der Waals surface area contributed by atoms with Crippen LogP contribution >= 0.6 is 0 Å². The summed E-state index contributed by atoms with van der Waals surface area (Å²) in [5.41, 5.74) is 3.57. The Bertz CT molecular complexity index is 568. The standard InChI is InChI=1S/C17H21NOS/c1-14-8-6-7-11-16(14)12-20(19)13-17(18-2)15-9-4-3-5-10-15/h3-11,17-18H,12-13H2,1-2H3. The van der Waals surface area contributed by atoms with E-state index in [0.29, 0.717) is 11.5 Å². The lowest BCUT2D eigenvalue weighted by Crippen LogP contribution is -2.23. The first-order chi connectivity index (χ1) is 9.70. The fourth-order valence-corrected chi connectivity index (χ4v) is 3.74. The van der Waals surface area contributed by atoms with E-state index in [-0.39, 0.29) is 6.04 Å². The number of rotatable bonds is 6.